The highest BCUT2D eigenvalue weighted by Crippen LogP contribution is 2.46. The molecule has 0 aliphatic carbocycles. The van der Waals surface area contributed by atoms with E-state index in [1.54, 1.807) is 10.6 Å². The summed E-state index contributed by atoms with van der Waals surface area (Å²) in [7, 11) is 13.6. The van der Waals surface area contributed by atoms with Crippen LogP contribution in [0.4, 0.5) is 0 Å². The van der Waals surface area contributed by atoms with E-state index in [1.165, 1.54) is 0 Å². The van der Waals surface area contributed by atoms with Crippen molar-refractivity contribution in [3.8, 4) is 0 Å². The lowest BCUT2D eigenvalue weighted by atomic mass is 9.76. The Morgan fingerprint density at radius 2 is 0.535 bits per heavy atom. The molecule has 8 aliphatic heterocycles. The van der Waals surface area contributed by atoms with Crippen LogP contribution in [0.25, 0.3) is 0 Å². The third-order valence-electron chi connectivity index (χ3n) is 24.1. The standard InChI is InChI=1S/C68H128N14O4/c1-57(2)35-47(36-58(3,4)73(57)25)79(53-33-55(83-49-39-61(9,10)75(27)62(11,12)40-49)71-81(69-53)85-51-43-65(17,18)77(29)66(19,20)44-51)31-32-80(48-37-59(5,6)74(26)60(7,8)38-48)54-34-56(84-50-41-63(13,14)76(28)64(15,16)42-50)72-82(70-54)86-52-45-67(21,22)78(30)68(23,24)46-52/h33-34,47-52,69-70H,31-32,35-46H2,1-30H3. The summed E-state index contributed by atoms with van der Waals surface area (Å²) in [5.41, 5.74) is 6.60. The van der Waals surface area contributed by atoms with Crippen molar-refractivity contribution in [1.82, 2.24) is 60.6 Å². The van der Waals surface area contributed by atoms with Gasteiger partial charge in [0.1, 0.15) is 23.8 Å². The van der Waals surface area contributed by atoms with Gasteiger partial charge in [-0.25, -0.2) is 20.5 Å². The summed E-state index contributed by atoms with van der Waals surface area (Å²) in [5.74, 6) is 3.00. The summed E-state index contributed by atoms with van der Waals surface area (Å²) in [6.45, 7) is 58.1. The summed E-state index contributed by atoms with van der Waals surface area (Å²) < 4.78 is 14.6. The van der Waals surface area contributed by atoms with Crippen molar-refractivity contribution in [2.24, 2.45) is 10.2 Å². The zero-order valence-corrected chi connectivity index (χ0v) is 60.5. The van der Waals surface area contributed by atoms with Crippen LogP contribution in [-0.4, -0.2) is 220 Å². The van der Waals surface area contributed by atoms with E-state index in [0.29, 0.717) is 24.9 Å². The summed E-state index contributed by atoms with van der Waals surface area (Å²) in [4.78, 5) is 34.9. The van der Waals surface area contributed by atoms with Crippen molar-refractivity contribution in [1.29, 1.82) is 0 Å². The zero-order chi connectivity index (χ0) is 64.5. The highest BCUT2D eigenvalue weighted by molar-refractivity contribution is 5.89. The fourth-order valence-electron chi connectivity index (χ4n) is 17.6. The minimum absolute atomic E-state index is 0.0549. The number of likely N-dealkylation sites (tertiary alicyclic amines) is 6. The summed E-state index contributed by atoms with van der Waals surface area (Å²) in [6.07, 6.45) is 14.8. The fourth-order valence-corrected chi connectivity index (χ4v) is 17.6. The monoisotopic (exact) mass is 1210 g/mol. The molecule has 0 saturated carbocycles. The third kappa shape index (κ3) is 14.3. The second kappa shape index (κ2) is 22.9. The van der Waals surface area contributed by atoms with Crippen LogP contribution in [-0.2, 0) is 19.1 Å². The highest BCUT2D eigenvalue weighted by Gasteiger charge is 2.52. The van der Waals surface area contributed by atoms with Gasteiger partial charge < -0.3 is 19.3 Å². The maximum atomic E-state index is 7.28. The van der Waals surface area contributed by atoms with Crippen molar-refractivity contribution >= 4 is 11.8 Å². The molecule has 6 saturated heterocycles. The van der Waals surface area contributed by atoms with Gasteiger partial charge in [0.05, 0.1) is 12.2 Å². The number of rotatable bonds is 13. The largest absolute Gasteiger partial charge is 0.473 e. The van der Waals surface area contributed by atoms with Crippen LogP contribution in [0.15, 0.2) is 34.0 Å². The summed E-state index contributed by atoms with van der Waals surface area (Å²) >= 11 is 0. The van der Waals surface area contributed by atoms with Crippen LogP contribution in [0.1, 0.15) is 243 Å². The minimum atomic E-state index is -0.107. The average Bonchev–Trinajstić information content (AvgIpc) is 0.981. The molecule has 86 heavy (non-hydrogen) atoms. The molecular formula is C68H128N14O4. The molecule has 0 radical (unpaired) electrons. The number of hydrogen-bond acceptors (Lipinski definition) is 18. The molecule has 0 aromatic carbocycles. The smallest absolute Gasteiger partial charge is 0.239 e. The first-order valence-corrected chi connectivity index (χ1v) is 33.3. The molecular weight excluding hydrogens is 1080 g/mol. The Morgan fingerprint density at radius 1 is 0.337 bits per heavy atom. The third-order valence-corrected chi connectivity index (χ3v) is 24.1. The van der Waals surface area contributed by atoms with E-state index in [-0.39, 0.29) is 103 Å². The van der Waals surface area contributed by atoms with E-state index in [0.717, 1.165) is 88.7 Å². The quantitative estimate of drug-likeness (QED) is 0.182. The van der Waals surface area contributed by atoms with E-state index in [4.69, 9.17) is 29.4 Å². The van der Waals surface area contributed by atoms with Gasteiger partial charge in [0, 0.05) is 129 Å². The van der Waals surface area contributed by atoms with Crippen LogP contribution >= 0.6 is 0 Å². The van der Waals surface area contributed by atoms with Gasteiger partial charge in [0.2, 0.25) is 11.8 Å². The molecule has 0 spiro atoms. The molecule has 18 nitrogen and oxygen atoms in total. The van der Waals surface area contributed by atoms with Crippen molar-refractivity contribution < 1.29 is 19.1 Å². The Balaban J connectivity index is 1.23. The molecule has 8 heterocycles. The summed E-state index contributed by atoms with van der Waals surface area (Å²) in [6, 6.07) is 0.262. The van der Waals surface area contributed by atoms with E-state index >= 15 is 0 Å². The first-order chi connectivity index (χ1) is 38.9. The van der Waals surface area contributed by atoms with E-state index < -0.39 is 0 Å². The molecule has 494 valence electrons. The lowest BCUT2D eigenvalue weighted by molar-refractivity contribution is -0.257. The van der Waals surface area contributed by atoms with Crippen molar-refractivity contribution in [2.45, 2.75) is 346 Å². The molecule has 0 bridgehead atoms. The minimum Gasteiger partial charge on any atom is -0.473 e. The Bertz CT molecular complexity index is 2280. The van der Waals surface area contributed by atoms with E-state index in [9.17, 15) is 0 Å². The molecule has 2 N–H and O–H groups in total. The van der Waals surface area contributed by atoms with Gasteiger partial charge in [-0.3, -0.25) is 29.4 Å². The van der Waals surface area contributed by atoms with Gasteiger partial charge in [0.15, 0.2) is 0 Å². The molecule has 0 aromatic heterocycles. The normalized spacial score (nSPS) is 30.1. The average molecular weight is 1210 g/mol. The van der Waals surface area contributed by atoms with Gasteiger partial charge in [-0.05, 0) is 260 Å². The predicted octanol–water partition coefficient (Wildman–Crippen LogP) is 11.3. The van der Waals surface area contributed by atoms with Crippen LogP contribution < -0.4 is 10.9 Å². The fraction of sp³-hybridized carbons (Fsp3) is 0.912. The zero-order valence-electron chi connectivity index (χ0n) is 60.5. The number of hydrogen-bond donors (Lipinski definition) is 2. The topological polar surface area (TPSA) is 118 Å². The molecule has 8 rings (SSSR count). The Kier molecular flexibility index (Phi) is 18.3. The number of nitrogens with one attached hydrogen (secondary N) is 2. The second-order valence-corrected chi connectivity index (χ2v) is 35.9. The number of nitrogens with zero attached hydrogens (tertiary/aromatic N) is 12. The first kappa shape index (κ1) is 68.8. The molecule has 0 aromatic rings. The molecule has 6 fully saturated rings. The maximum Gasteiger partial charge on any atom is 0.239 e. The molecule has 8 aliphatic rings. The molecule has 18 heteroatoms. The van der Waals surface area contributed by atoms with Gasteiger partial charge in [0.25, 0.3) is 0 Å². The second-order valence-electron chi connectivity index (χ2n) is 35.9. The van der Waals surface area contributed by atoms with E-state index in [2.05, 4.69) is 271 Å². The molecule has 0 amide bonds. The SMILES string of the molecule is CN1C(C)(C)CC(OC2=NN(OC3CC(C)(C)N(C)C(C)(C)C3)NC(N(CCN(C3=CC(OC4CC(C)(C)N(C)C(C)(C)C4)=NN(OC4CC(C)(C)N(C)C(C)(C)C4)N3)C3CC(C)(C)N(C)C(C)(C)C3)C3CC(C)(C)N(C)C(C)(C)C3)=C2)CC1(C)C. The number of hydrazone groups is 2. The molecule has 0 atom stereocenters. The van der Waals surface area contributed by atoms with Crippen LogP contribution in [0.2, 0.25) is 0 Å². The lowest BCUT2D eigenvalue weighted by Crippen LogP contribution is -2.65. The van der Waals surface area contributed by atoms with E-state index in [1.807, 2.05) is 0 Å². The van der Waals surface area contributed by atoms with Gasteiger partial charge in [-0.15, -0.1) is 0 Å². The van der Waals surface area contributed by atoms with Crippen LogP contribution in [0, 0.1) is 0 Å². The Morgan fingerprint density at radius 3 is 0.756 bits per heavy atom. The number of ether oxygens (including phenoxy) is 2. The van der Waals surface area contributed by atoms with Gasteiger partial charge >= 0.3 is 0 Å². The highest BCUT2D eigenvalue weighted by atomic mass is 16.8. The number of hydrazine groups is 2. The van der Waals surface area contributed by atoms with Crippen molar-refractivity contribution in [2.75, 3.05) is 55.4 Å². The van der Waals surface area contributed by atoms with Crippen molar-refractivity contribution in [3.05, 3.63) is 23.8 Å². The number of piperidine rings is 6. The lowest BCUT2D eigenvalue weighted by Gasteiger charge is -2.57. The molecule has 0 unspecified atom stereocenters. The van der Waals surface area contributed by atoms with Crippen molar-refractivity contribution in [3.63, 3.8) is 0 Å². The van der Waals surface area contributed by atoms with Crippen LogP contribution in [0.5, 0.6) is 0 Å². The van der Waals surface area contributed by atoms with Crippen LogP contribution in [0.3, 0.4) is 0 Å². The first-order valence-electron chi connectivity index (χ1n) is 33.3. The Hall–Kier alpha value is -3.10. The maximum absolute atomic E-state index is 7.28. The Labute approximate surface area is 524 Å². The summed E-state index contributed by atoms with van der Waals surface area (Å²) in [5, 5.41) is 13.9. The van der Waals surface area contributed by atoms with Gasteiger partial charge in [-0.2, -0.15) is 0 Å². The predicted molar refractivity (Wildman–Crippen MR) is 352 cm³/mol. The van der Waals surface area contributed by atoms with Gasteiger partial charge in [-0.1, -0.05) is 20.8 Å².